The van der Waals surface area contributed by atoms with Gasteiger partial charge in [0, 0.05) is 6.42 Å². The largest absolute Gasteiger partial charge is 0.494 e. The second kappa shape index (κ2) is 7.44. The fourth-order valence-electron chi connectivity index (χ4n) is 1.66. The maximum absolute atomic E-state index is 11.7. The highest BCUT2D eigenvalue weighted by Gasteiger charge is 2.09. The van der Waals surface area contributed by atoms with Gasteiger partial charge in [0.25, 0.3) is 0 Å². The van der Waals surface area contributed by atoms with Crippen LogP contribution in [0.15, 0.2) is 42.5 Å². The van der Waals surface area contributed by atoms with Crippen LogP contribution in [0.2, 0.25) is 0 Å². The summed E-state index contributed by atoms with van der Waals surface area (Å²) in [5, 5.41) is 12.0. The third-order valence-electron chi connectivity index (χ3n) is 2.64. The van der Waals surface area contributed by atoms with E-state index in [1.165, 1.54) is 6.07 Å². The van der Waals surface area contributed by atoms with Gasteiger partial charge in [-0.25, -0.2) is 4.79 Å². The molecule has 1 aromatic heterocycles. The number of carboxylic acid groups (broad SMARTS) is 1. The van der Waals surface area contributed by atoms with Crippen molar-refractivity contribution >= 4 is 28.2 Å². The van der Waals surface area contributed by atoms with Gasteiger partial charge in [-0.2, -0.15) is 0 Å². The molecule has 2 rings (SSSR count). The van der Waals surface area contributed by atoms with Gasteiger partial charge in [0.2, 0.25) is 5.91 Å². The van der Waals surface area contributed by atoms with E-state index in [4.69, 9.17) is 9.84 Å². The minimum Gasteiger partial charge on any atom is -0.494 e. The van der Waals surface area contributed by atoms with Crippen molar-refractivity contribution in [1.82, 2.24) is 0 Å². The van der Waals surface area contributed by atoms with Crippen LogP contribution in [0.3, 0.4) is 0 Å². The number of ether oxygens (including phenoxy) is 1. The van der Waals surface area contributed by atoms with E-state index in [2.05, 4.69) is 5.32 Å². The van der Waals surface area contributed by atoms with Crippen LogP contribution in [0.4, 0.5) is 5.00 Å². The van der Waals surface area contributed by atoms with Gasteiger partial charge in [-0.3, -0.25) is 4.79 Å². The normalized spacial score (nSPS) is 10.1. The lowest BCUT2D eigenvalue weighted by molar-refractivity contribution is -0.116. The molecular weight excluding hydrogens is 290 g/mol. The van der Waals surface area contributed by atoms with Gasteiger partial charge in [0.05, 0.1) is 11.6 Å². The fraction of sp³-hybridized carbons (Fsp3) is 0.200. The summed E-state index contributed by atoms with van der Waals surface area (Å²) in [5.41, 5.74) is 0. The molecule has 2 aromatic rings. The first-order valence-corrected chi connectivity index (χ1v) is 7.27. The Kier molecular flexibility index (Phi) is 5.34. The second-order valence-electron chi connectivity index (χ2n) is 4.28. The molecule has 0 bridgehead atoms. The van der Waals surface area contributed by atoms with E-state index in [1.54, 1.807) is 6.07 Å². The predicted molar refractivity (Wildman–Crippen MR) is 81.1 cm³/mol. The molecule has 21 heavy (non-hydrogen) atoms. The van der Waals surface area contributed by atoms with Gasteiger partial charge in [-0.1, -0.05) is 18.2 Å². The van der Waals surface area contributed by atoms with Crippen LogP contribution in [0.1, 0.15) is 22.5 Å². The second-order valence-corrected chi connectivity index (χ2v) is 5.37. The summed E-state index contributed by atoms with van der Waals surface area (Å²) in [5.74, 6) is -0.357. The summed E-state index contributed by atoms with van der Waals surface area (Å²) in [4.78, 5) is 22.6. The molecule has 0 unspecified atom stereocenters. The maximum atomic E-state index is 11.7. The van der Waals surface area contributed by atoms with E-state index < -0.39 is 5.97 Å². The summed E-state index contributed by atoms with van der Waals surface area (Å²) >= 11 is 1.04. The minimum atomic E-state index is -0.989. The molecule has 110 valence electrons. The zero-order valence-electron chi connectivity index (χ0n) is 11.2. The Morgan fingerprint density at radius 1 is 1.14 bits per heavy atom. The number of carboxylic acids is 1. The number of hydrogen-bond acceptors (Lipinski definition) is 4. The molecule has 1 aromatic carbocycles. The Morgan fingerprint density at radius 3 is 2.57 bits per heavy atom. The van der Waals surface area contributed by atoms with Gasteiger partial charge in [0.15, 0.2) is 0 Å². The number of aromatic carboxylic acids is 1. The molecule has 0 saturated carbocycles. The average Bonchev–Trinajstić information content (AvgIpc) is 2.93. The summed E-state index contributed by atoms with van der Waals surface area (Å²) in [6.07, 6.45) is 0.922. The highest BCUT2D eigenvalue weighted by Crippen LogP contribution is 2.22. The van der Waals surface area contributed by atoms with Gasteiger partial charge >= 0.3 is 5.97 Å². The Balaban J connectivity index is 1.68. The Labute approximate surface area is 126 Å². The molecule has 0 atom stereocenters. The van der Waals surface area contributed by atoms with E-state index in [9.17, 15) is 9.59 Å². The average molecular weight is 305 g/mol. The molecule has 0 radical (unpaired) electrons. The molecule has 5 nitrogen and oxygen atoms in total. The van der Waals surface area contributed by atoms with Crippen molar-refractivity contribution in [1.29, 1.82) is 0 Å². The van der Waals surface area contributed by atoms with Crippen molar-refractivity contribution in [2.45, 2.75) is 12.8 Å². The van der Waals surface area contributed by atoms with Gasteiger partial charge in [0.1, 0.15) is 10.6 Å². The van der Waals surface area contributed by atoms with Crippen LogP contribution in [-0.2, 0) is 4.79 Å². The lowest BCUT2D eigenvalue weighted by Crippen LogP contribution is -2.11. The Hall–Kier alpha value is -2.34. The standard InChI is InChI=1S/C15H15NO4S/c17-13(16-14-9-8-12(21-14)15(18)19)7-4-10-20-11-5-2-1-3-6-11/h1-3,5-6,8-9H,4,7,10H2,(H,16,17)(H,18,19). The summed E-state index contributed by atoms with van der Waals surface area (Å²) in [7, 11) is 0. The quantitative estimate of drug-likeness (QED) is 0.770. The first-order valence-electron chi connectivity index (χ1n) is 6.46. The van der Waals surface area contributed by atoms with Crippen LogP contribution < -0.4 is 10.1 Å². The topological polar surface area (TPSA) is 75.6 Å². The number of benzene rings is 1. The minimum absolute atomic E-state index is 0.148. The number of carbonyl (C=O) groups excluding carboxylic acids is 1. The van der Waals surface area contributed by atoms with E-state index in [1.807, 2.05) is 30.3 Å². The van der Waals surface area contributed by atoms with Crippen molar-refractivity contribution in [3.63, 3.8) is 0 Å². The highest BCUT2D eigenvalue weighted by atomic mass is 32.1. The number of para-hydroxylation sites is 1. The monoisotopic (exact) mass is 305 g/mol. The Bertz CT molecular complexity index is 609. The maximum Gasteiger partial charge on any atom is 0.345 e. The van der Waals surface area contributed by atoms with Crippen LogP contribution in [0.25, 0.3) is 0 Å². The van der Waals surface area contributed by atoms with E-state index >= 15 is 0 Å². The van der Waals surface area contributed by atoms with Gasteiger partial charge in [-0.05, 0) is 30.7 Å². The zero-order chi connectivity index (χ0) is 15.1. The third-order valence-corrected chi connectivity index (χ3v) is 3.63. The molecule has 6 heteroatoms. The number of amides is 1. The number of hydrogen-bond donors (Lipinski definition) is 2. The summed E-state index contributed by atoms with van der Waals surface area (Å²) < 4.78 is 5.49. The smallest absolute Gasteiger partial charge is 0.345 e. The predicted octanol–water partition coefficient (Wildman–Crippen LogP) is 3.24. The first-order chi connectivity index (χ1) is 10.1. The lowest BCUT2D eigenvalue weighted by Gasteiger charge is -2.05. The SMILES string of the molecule is O=C(CCCOc1ccccc1)Nc1ccc(C(=O)O)s1. The van der Waals surface area contributed by atoms with Crippen molar-refractivity contribution in [2.75, 3.05) is 11.9 Å². The molecule has 0 fully saturated rings. The van der Waals surface area contributed by atoms with E-state index in [0.29, 0.717) is 24.4 Å². The number of nitrogens with one attached hydrogen (secondary N) is 1. The first kappa shape index (κ1) is 15.1. The van der Waals surface area contributed by atoms with E-state index in [-0.39, 0.29) is 10.8 Å². The molecule has 0 saturated heterocycles. The Morgan fingerprint density at radius 2 is 1.90 bits per heavy atom. The molecule has 0 aliphatic carbocycles. The number of carbonyl (C=O) groups is 2. The lowest BCUT2D eigenvalue weighted by atomic mass is 10.3. The van der Waals surface area contributed by atoms with Gasteiger partial charge in [-0.15, -0.1) is 11.3 Å². The molecule has 1 amide bonds. The molecule has 2 N–H and O–H groups in total. The molecular formula is C15H15NO4S. The van der Waals surface area contributed by atoms with Crippen LogP contribution in [0, 0.1) is 0 Å². The zero-order valence-corrected chi connectivity index (χ0v) is 12.1. The van der Waals surface area contributed by atoms with Crippen molar-refractivity contribution in [2.24, 2.45) is 0 Å². The molecule has 0 aliphatic rings. The molecule has 0 aliphatic heterocycles. The fourth-order valence-corrected chi connectivity index (χ4v) is 2.42. The number of anilines is 1. The summed E-state index contributed by atoms with van der Waals surface area (Å²) in [6, 6.07) is 12.5. The van der Waals surface area contributed by atoms with Crippen molar-refractivity contribution < 1.29 is 19.4 Å². The number of rotatable bonds is 7. The van der Waals surface area contributed by atoms with Crippen LogP contribution in [0.5, 0.6) is 5.75 Å². The van der Waals surface area contributed by atoms with Crippen LogP contribution in [-0.4, -0.2) is 23.6 Å². The molecule has 0 spiro atoms. The van der Waals surface area contributed by atoms with Crippen molar-refractivity contribution in [3.05, 3.63) is 47.3 Å². The number of thiophene rings is 1. The third kappa shape index (κ3) is 4.92. The van der Waals surface area contributed by atoms with Crippen molar-refractivity contribution in [3.8, 4) is 5.75 Å². The van der Waals surface area contributed by atoms with E-state index in [0.717, 1.165) is 17.1 Å². The highest BCUT2D eigenvalue weighted by molar-refractivity contribution is 7.18. The van der Waals surface area contributed by atoms with Gasteiger partial charge < -0.3 is 15.2 Å². The summed E-state index contributed by atoms with van der Waals surface area (Å²) in [6.45, 7) is 0.461. The molecule has 1 heterocycles. The van der Waals surface area contributed by atoms with Crippen LogP contribution >= 0.6 is 11.3 Å².